The largest absolute Gasteiger partial charge is 0.416 e. The summed E-state index contributed by atoms with van der Waals surface area (Å²) < 4.78 is 37.0. The average Bonchev–Trinajstić information content (AvgIpc) is 3.01. The Morgan fingerprint density at radius 1 is 1.18 bits per heavy atom. The molecule has 1 nitrogen and oxygen atoms in total. The van der Waals surface area contributed by atoms with Crippen LogP contribution in [0.4, 0.5) is 13.2 Å². The van der Waals surface area contributed by atoms with Crippen LogP contribution in [0.25, 0.3) is 0 Å². The van der Waals surface area contributed by atoms with Crippen LogP contribution in [-0.4, -0.2) is 6.04 Å². The van der Waals surface area contributed by atoms with Gasteiger partial charge in [-0.15, -0.1) is 0 Å². The van der Waals surface area contributed by atoms with Gasteiger partial charge < -0.3 is 5.73 Å². The van der Waals surface area contributed by atoms with Gasteiger partial charge in [-0.2, -0.15) is 13.2 Å². The molecule has 0 bridgehead atoms. The molecule has 1 saturated carbocycles. The summed E-state index contributed by atoms with van der Waals surface area (Å²) in [6, 6.07) is 5.36. The number of alkyl halides is 3. The lowest BCUT2D eigenvalue weighted by Crippen LogP contribution is -2.23. The summed E-state index contributed by atoms with van der Waals surface area (Å²) in [6.07, 6.45) is -0.105. The fourth-order valence-corrected chi connectivity index (χ4v) is 2.00. The van der Waals surface area contributed by atoms with Crippen LogP contribution in [0.2, 0.25) is 0 Å². The molecule has 0 heterocycles. The van der Waals surface area contributed by atoms with Crippen LogP contribution in [0.1, 0.15) is 30.4 Å². The Kier molecular flexibility index (Phi) is 3.43. The molecule has 2 rings (SSSR count). The van der Waals surface area contributed by atoms with Crippen molar-refractivity contribution < 1.29 is 13.2 Å². The fraction of sp³-hybridized carbons (Fsp3) is 0.538. The molecule has 0 spiro atoms. The van der Waals surface area contributed by atoms with Crippen molar-refractivity contribution in [3.8, 4) is 0 Å². The molecule has 0 aromatic heterocycles. The molecule has 1 unspecified atom stereocenters. The van der Waals surface area contributed by atoms with Crippen LogP contribution >= 0.6 is 0 Å². The molecule has 4 heteroatoms. The third-order valence-corrected chi connectivity index (χ3v) is 3.11. The van der Waals surface area contributed by atoms with E-state index < -0.39 is 11.7 Å². The first-order valence-electron chi connectivity index (χ1n) is 5.87. The van der Waals surface area contributed by atoms with Crippen molar-refractivity contribution in [2.24, 2.45) is 11.7 Å². The van der Waals surface area contributed by atoms with Crippen molar-refractivity contribution in [3.63, 3.8) is 0 Å². The maximum absolute atomic E-state index is 12.3. The zero-order chi connectivity index (χ0) is 12.5. The lowest BCUT2D eigenvalue weighted by Gasteiger charge is -2.12. The number of halogens is 3. The van der Waals surface area contributed by atoms with E-state index in [1.807, 2.05) is 0 Å². The van der Waals surface area contributed by atoms with Crippen molar-refractivity contribution >= 4 is 0 Å². The molecule has 1 aliphatic carbocycles. The van der Waals surface area contributed by atoms with E-state index >= 15 is 0 Å². The van der Waals surface area contributed by atoms with Gasteiger partial charge in [0.1, 0.15) is 0 Å². The lowest BCUT2D eigenvalue weighted by molar-refractivity contribution is -0.137. The minimum Gasteiger partial charge on any atom is -0.327 e. The van der Waals surface area contributed by atoms with E-state index in [-0.39, 0.29) is 6.04 Å². The average molecular weight is 243 g/mol. The Hall–Kier alpha value is -1.03. The number of hydrogen-bond acceptors (Lipinski definition) is 1. The molecule has 94 valence electrons. The Bertz CT molecular complexity index is 365. The maximum atomic E-state index is 12.3. The highest BCUT2D eigenvalue weighted by atomic mass is 19.4. The second kappa shape index (κ2) is 4.69. The van der Waals surface area contributed by atoms with Gasteiger partial charge in [-0.1, -0.05) is 25.0 Å². The van der Waals surface area contributed by atoms with Crippen LogP contribution in [0.3, 0.4) is 0 Å². The molecule has 1 atom stereocenters. The summed E-state index contributed by atoms with van der Waals surface area (Å²) in [6.45, 7) is 0. The van der Waals surface area contributed by atoms with Crippen molar-refractivity contribution in [2.45, 2.75) is 37.9 Å². The molecule has 0 amide bonds. The SMILES string of the molecule is NC(Cc1ccc(C(F)(F)F)cc1)CC1CC1. The van der Waals surface area contributed by atoms with Crippen molar-refractivity contribution in [1.82, 2.24) is 0 Å². The molecule has 1 aromatic rings. The highest BCUT2D eigenvalue weighted by molar-refractivity contribution is 5.25. The van der Waals surface area contributed by atoms with Gasteiger partial charge >= 0.3 is 6.18 Å². The summed E-state index contributed by atoms with van der Waals surface area (Å²) >= 11 is 0. The van der Waals surface area contributed by atoms with Gasteiger partial charge in [-0.25, -0.2) is 0 Å². The molecular weight excluding hydrogens is 227 g/mol. The van der Waals surface area contributed by atoms with Crippen LogP contribution in [0.15, 0.2) is 24.3 Å². The molecule has 0 radical (unpaired) electrons. The van der Waals surface area contributed by atoms with Crippen molar-refractivity contribution in [2.75, 3.05) is 0 Å². The predicted molar refractivity (Wildman–Crippen MR) is 60.5 cm³/mol. The van der Waals surface area contributed by atoms with Crippen LogP contribution < -0.4 is 5.73 Å². The lowest BCUT2D eigenvalue weighted by atomic mass is 10.0. The van der Waals surface area contributed by atoms with E-state index in [1.165, 1.54) is 25.0 Å². The highest BCUT2D eigenvalue weighted by Gasteiger charge is 2.30. The maximum Gasteiger partial charge on any atom is 0.416 e. The van der Waals surface area contributed by atoms with Crippen molar-refractivity contribution in [3.05, 3.63) is 35.4 Å². The molecule has 0 saturated heterocycles. The van der Waals surface area contributed by atoms with Gasteiger partial charge in [0.25, 0.3) is 0 Å². The number of benzene rings is 1. The molecule has 0 aliphatic heterocycles. The van der Waals surface area contributed by atoms with Crippen molar-refractivity contribution in [1.29, 1.82) is 0 Å². The summed E-state index contributed by atoms with van der Waals surface area (Å²) in [5, 5.41) is 0. The Morgan fingerprint density at radius 2 is 1.76 bits per heavy atom. The second-order valence-electron chi connectivity index (χ2n) is 4.84. The number of rotatable bonds is 4. The van der Waals surface area contributed by atoms with Gasteiger partial charge in [0.05, 0.1) is 5.56 Å². The van der Waals surface area contributed by atoms with Gasteiger partial charge in [-0.05, 0) is 36.5 Å². The standard InChI is InChI=1S/C13H16F3N/c14-13(15,16)11-5-3-10(4-6-11)8-12(17)7-9-1-2-9/h3-6,9,12H,1-2,7-8,17H2. The van der Waals surface area contributed by atoms with E-state index in [4.69, 9.17) is 5.73 Å². The molecule has 2 N–H and O–H groups in total. The third-order valence-electron chi connectivity index (χ3n) is 3.11. The van der Waals surface area contributed by atoms with Gasteiger partial charge in [-0.3, -0.25) is 0 Å². The molecule has 1 aromatic carbocycles. The Balaban J connectivity index is 1.92. The quantitative estimate of drug-likeness (QED) is 0.862. The van der Waals surface area contributed by atoms with Crippen LogP contribution in [-0.2, 0) is 12.6 Å². The molecule has 17 heavy (non-hydrogen) atoms. The summed E-state index contributed by atoms with van der Waals surface area (Å²) in [4.78, 5) is 0. The Labute approximate surface area is 98.8 Å². The van der Waals surface area contributed by atoms with E-state index in [2.05, 4.69) is 0 Å². The number of hydrogen-bond donors (Lipinski definition) is 1. The molecule has 1 aliphatic rings. The minimum absolute atomic E-state index is 0.0687. The van der Waals surface area contributed by atoms with Gasteiger partial charge in [0.2, 0.25) is 0 Å². The van der Waals surface area contributed by atoms with E-state index in [0.29, 0.717) is 6.42 Å². The summed E-state index contributed by atoms with van der Waals surface area (Å²) in [5.74, 6) is 0.749. The second-order valence-corrected chi connectivity index (χ2v) is 4.84. The summed E-state index contributed by atoms with van der Waals surface area (Å²) in [7, 11) is 0. The first-order valence-corrected chi connectivity index (χ1v) is 5.87. The smallest absolute Gasteiger partial charge is 0.327 e. The van der Waals surface area contributed by atoms with Crippen LogP contribution in [0, 0.1) is 5.92 Å². The summed E-state index contributed by atoms with van der Waals surface area (Å²) in [5.41, 5.74) is 6.23. The zero-order valence-corrected chi connectivity index (χ0v) is 9.50. The Morgan fingerprint density at radius 3 is 2.24 bits per heavy atom. The number of nitrogens with two attached hydrogens (primary N) is 1. The normalized spacial score (nSPS) is 18.1. The zero-order valence-electron chi connectivity index (χ0n) is 9.50. The topological polar surface area (TPSA) is 26.0 Å². The first-order chi connectivity index (χ1) is 7.95. The third kappa shape index (κ3) is 3.73. The van der Waals surface area contributed by atoms with E-state index in [1.54, 1.807) is 0 Å². The molecule has 1 fully saturated rings. The van der Waals surface area contributed by atoms with E-state index in [9.17, 15) is 13.2 Å². The van der Waals surface area contributed by atoms with E-state index in [0.717, 1.165) is 30.0 Å². The van der Waals surface area contributed by atoms with Gasteiger partial charge in [0, 0.05) is 6.04 Å². The predicted octanol–water partition coefficient (Wildman–Crippen LogP) is 3.38. The van der Waals surface area contributed by atoms with Crippen LogP contribution in [0.5, 0.6) is 0 Å². The fourth-order valence-electron chi connectivity index (χ4n) is 2.00. The molecular formula is C13H16F3N. The minimum atomic E-state index is -4.26. The van der Waals surface area contributed by atoms with Gasteiger partial charge in [0.15, 0.2) is 0 Å². The highest BCUT2D eigenvalue weighted by Crippen LogP contribution is 2.34. The first kappa shape index (κ1) is 12.4. The monoisotopic (exact) mass is 243 g/mol.